The molecule has 88 valence electrons. The summed E-state index contributed by atoms with van der Waals surface area (Å²) in [6, 6.07) is 0. The molecule has 4 N–H and O–H groups in total. The Kier molecular flexibility index (Phi) is 22.7. The van der Waals surface area contributed by atoms with Gasteiger partial charge in [-0.1, -0.05) is 24.4 Å². The average Bonchev–Trinajstić information content (AvgIpc) is 1.98. The fourth-order valence-corrected chi connectivity index (χ4v) is 2.60. The molecule has 0 saturated carbocycles. The third-order valence-electron chi connectivity index (χ3n) is 0.915. The van der Waals surface area contributed by atoms with Gasteiger partial charge in [-0.3, -0.25) is 0 Å². The summed E-state index contributed by atoms with van der Waals surface area (Å²) < 4.78 is 1.67. The molecule has 0 amide bonds. The zero-order chi connectivity index (χ0) is 9.72. The Bertz CT molecular complexity index is 177. The third kappa shape index (κ3) is 13.3. The Labute approximate surface area is 133 Å². The van der Waals surface area contributed by atoms with Crippen molar-refractivity contribution in [2.75, 3.05) is 28.2 Å². The molecule has 9 heteroatoms. The standard InChI is InChI=1S/C6H12N2S4.Na.2H2O.H/c1-7(2)5(9)11-12-6(10)8(3)4;;;;/h1-4H3;;2*1H2;/q;+1;;;-1. The number of thiocarbonyl (C=S) groups is 2. The van der Waals surface area contributed by atoms with E-state index in [0.717, 1.165) is 8.64 Å². The molecule has 0 radical (unpaired) electrons. The molecule has 0 bridgehead atoms. The van der Waals surface area contributed by atoms with Gasteiger partial charge in [0.15, 0.2) is 0 Å². The first-order valence-electron chi connectivity index (χ1n) is 3.22. The summed E-state index contributed by atoms with van der Waals surface area (Å²) in [5.74, 6) is 0. The van der Waals surface area contributed by atoms with Crippen LogP contribution < -0.4 is 29.6 Å². The Morgan fingerprint density at radius 3 is 1.20 bits per heavy atom. The molecule has 0 aliphatic rings. The molecule has 0 aromatic heterocycles. The topological polar surface area (TPSA) is 69.5 Å². The number of hydrogen-bond acceptors (Lipinski definition) is 4. The predicted octanol–water partition coefficient (Wildman–Crippen LogP) is -2.47. The monoisotopic (exact) mass is 300 g/mol. The van der Waals surface area contributed by atoms with Crippen LogP contribution >= 0.6 is 46.0 Å². The average molecular weight is 300 g/mol. The van der Waals surface area contributed by atoms with Crippen LogP contribution in [0.5, 0.6) is 0 Å². The van der Waals surface area contributed by atoms with Crippen LogP contribution in [0.4, 0.5) is 0 Å². The van der Waals surface area contributed by atoms with E-state index in [1.54, 1.807) is 0 Å². The van der Waals surface area contributed by atoms with Crippen molar-refractivity contribution in [3.8, 4) is 0 Å². The van der Waals surface area contributed by atoms with E-state index in [4.69, 9.17) is 24.4 Å². The Hall–Kier alpha value is 1.40. The molecule has 0 aliphatic heterocycles. The Morgan fingerprint density at radius 2 is 1.07 bits per heavy atom. The first-order chi connectivity index (χ1) is 5.45. The number of rotatable bonds is 0. The van der Waals surface area contributed by atoms with Gasteiger partial charge in [0.05, 0.1) is 0 Å². The maximum atomic E-state index is 5.07. The van der Waals surface area contributed by atoms with Crippen molar-refractivity contribution in [2.45, 2.75) is 0 Å². The molecule has 0 aliphatic carbocycles. The molecule has 0 spiro atoms. The molecule has 0 unspecified atom stereocenters. The second-order valence-electron chi connectivity index (χ2n) is 2.49. The molecule has 4 nitrogen and oxygen atoms in total. The van der Waals surface area contributed by atoms with E-state index in [1.165, 1.54) is 21.6 Å². The molecule has 15 heavy (non-hydrogen) atoms. The van der Waals surface area contributed by atoms with Gasteiger partial charge in [0.25, 0.3) is 0 Å². The SMILES string of the molecule is CN(C)C(=S)SSC(=S)N(C)C.O.O.[H-].[Na+]. The summed E-state index contributed by atoms with van der Waals surface area (Å²) in [5, 5.41) is 0. The molecule has 0 saturated heterocycles. The minimum Gasteiger partial charge on any atom is -1.00 e. The van der Waals surface area contributed by atoms with Crippen LogP contribution in [-0.2, 0) is 0 Å². The fourth-order valence-electron chi connectivity index (χ4n) is 0.220. The van der Waals surface area contributed by atoms with Crippen molar-refractivity contribution >= 4 is 54.7 Å². The quantitative estimate of drug-likeness (QED) is 0.280. The normalized spacial score (nSPS) is 7.47. The maximum absolute atomic E-state index is 5.07. The predicted molar refractivity (Wildman–Crippen MR) is 76.1 cm³/mol. The molecule has 0 heterocycles. The van der Waals surface area contributed by atoms with E-state index in [1.807, 2.05) is 38.0 Å². The van der Waals surface area contributed by atoms with Crippen molar-refractivity contribution in [3.63, 3.8) is 0 Å². The van der Waals surface area contributed by atoms with Crippen LogP contribution in [0.3, 0.4) is 0 Å². The van der Waals surface area contributed by atoms with E-state index < -0.39 is 0 Å². The minimum atomic E-state index is 0. The van der Waals surface area contributed by atoms with Gasteiger partial charge in [0.1, 0.15) is 8.64 Å². The van der Waals surface area contributed by atoms with Gasteiger partial charge >= 0.3 is 29.6 Å². The first kappa shape index (κ1) is 25.3. The van der Waals surface area contributed by atoms with Crippen LogP contribution in [0.25, 0.3) is 0 Å². The zero-order valence-electron chi connectivity index (χ0n) is 10.5. The number of hydrogen-bond donors (Lipinski definition) is 0. The van der Waals surface area contributed by atoms with Crippen molar-refractivity contribution in [1.29, 1.82) is 0 Å². The summed E-state index contributed by atoms with van der Waals surface area (Å²) in [4.78, 5) is 3.79. The van der Waals surface area contributed by atoms with Crippen LogP contribution in [0.2, 0.25) is 0 Å². The van der Waals surface area contributed by atoms with Crippen molar-refractivity contribution in [2.24, 2.45) is 0 Å². The Balaban J connectivity index is -0.000000101. The Morgan fingerprint density at radius 1 is 0.867 bits per heavy atom. The van der Waals surface area contributed by atoms with E-state index >= 15 is 0 Å². The van der Waals surface area contributed by atoms with Crippen molar-refractivity contribution < 1.29 is 41.9 Å². The molecule has 0 aromatic rings. The van der Waals surface area contributed by atoms with E-state index in [2.05, 4.69) is 0 Å². The third-order valence-corrected chi connectivity index (χ3v) is 5.07. The van der Waals surface area contributed by atoms with Gasteiger partial charge in [0, 0.05) is 28.2 Å². The van der Waals surface area contributed by atoms with E-state index in [9.17, 15) is 0 Å². The van der Waals surface area contributed by atoms with Gasteiger partial charge in [-0.05, 0) is 21.6 Å². The smallest absolute Gasteiger partial charge is 1.00 e. The van der Waals surface area contributed by atoms with Gasteiger partial charge in [-0.2, -0.15) is 0 Å². The van der Waals surface area contributed by atoms with Crippen LogP contribution in [0.15, 0.2) is 0 Å². The van der Waals surface area contributed by atoms with Gasteiger partial charge in [-0.25, -0.2) is 0 Å². The molecule has 0 rings (SSSR count). The van der Waals surface area contributed by atoms with Crippen LogP contribution in [0, 0.1) is 0 Å². The van der Waals surface area contributed by atoms with E-state index in [-0.39, 0.29) is 41.9 Å². The molecular weight excluding hydrogens is 283 g/mol. The summed E-state index contributed by atoms with van der Waals surface area (Å²) in [5.41, 5.74) is 0. The van der Waals surface area contributed by atoms with E-state index in [0.29, 0.717) is 0 Å². The largest absolute Gasteiger partial charge is 1.00 e. The molecule has 0 aromatic carbocycles. The maximum Gasteiger partial charge on any atom is 1.00 e. The summed E-state index contributed by atoms with van der Waals surface area (Å²) in [6.45, 7) is 0. The number of nitrogens with zero attached hydrogens (tertiary/aromatic N) is 2. The summed E-state index contributed by atoms with van der Waals surface area (Å²) in [7, 11) is 10.7. The van der Waals surface area contributed by atoms with Gasteiger partial charge in [0.2, 0.25) is 0 Å². The zero-order valence-corrected chi connectivity index (χ0v) is 14.8. The van der Waals surface area contributed by atoms with Crippen molar-refractivity contribution in [1.82, 2.24) is 9.80 Å². The minimum absolute atomic E-state index is 0. The van der Waals surface area contributed by atoms with Crippen LogP contribution in [-0.4, -0.2) is 57.6 Å². The van der Waals surface area contributed by atoms with Crippen LogP contribution in [0.1, 0.15) is 1.43 Å². The van der Waals surface area contributed by atoms with Crippen molar-refractivity contribution in [3.05, 3.63) is 0 Å². The molecule has 0 fully saturated rings. The molecular formula is C6H17N2NaO2S4. The summed E-state index contributed by atoms with van der Waals surface area (Å²) in [6.07, 6.45) is 0. The summed E-state index contributed by atoms with van der Waals surface area (Å²) >= 11 is 10.1. The fraction of sp³-hybridized carbons (Fsp3) is 0.667. The molecule has 0 atom stereocenters. The van der Waals surface area contributed by atoms with Gasteiger partial charge < -0.3 is 22.2 Å². The van der Waals surface area contributed by atoms with Gasteiger partial charge in [-0.15, -0.1) is 0 Å². The first-order valence-corrected chi connectivity index (χ1v) is 6.19. The second-order valence-corrected chi connectivity index (χ2v) is 5.88. The second kappa shape index (κ2) is 13.5.